The predicted octanol–water partition coefficient (Wildman–Crippen LogP) is 3.49. The normalized spacial score (nSPS) is 43.2. The molecule has 0 aromatic rings. The molecule has 4 aliphatic rings. The number of carbonyl (C=O) groups is 2. The monoisotopic (exact) mass is 404 g/mol. The first-order valence-electron chi connectivity index (χ1n) is 11.4. The molecule has 3 aliphatic carbocycles. The number of fused-ring (bicyclic) bond motifs is 5. The lowest BCUT2D eigenvalue weighted by Crippen LogP contribution is -2.52. The van der Waals surface area contributed by atoms with Crippen LogP contribution in [-0.4, -0.2) is 43.8 Å². The van der Waals surface area contributed by atoms with Crippen molar-refractivity contribution in [3.63, 3.8) is 0 Å². The van der Waals surface area contributed by atoms with E-state index >= 15 is 0 Å². The molecule has 1 unspecified atom stereocenters. The standard InChI is InChI=1S/C23H36N2O4/c1-22-9-7-16(25-28-12-4-11-24-3)13-15(22)14-20(27)29-21-17-5-6-19(26)23(17,2)10-8-18(21)22/h15,17-18,21,24H,4-14H2,1-3H3/b25-16-/t15?,17-,18-,21-,22-,23-/m0/s1. The Kier molecular flexibility index (Phi) is 5.75. The number of carbonyl (C=O) groups excluding carboxylic acids is 2. The Bertz CT molecular complexity index is 692. The highest BCUT2D eigenvalue weighted by Crippen LogP contribution is 2.61. The van der Waals surface area contributed by atoms with Crippen molar-refractivity contribution in [1.82, 2.24) is 5.32 Å². The van der Waals surface area contributed by atoms with Gasteiger partial charge in [0.05, 0.1) is 5.71 Å². The van der Waals surface area contributed by atoms with Gasteiger partial charge in [0.15, 0.2) is 0 Å². The van der Waals surface area contributed by atoms with Gasteiger partial charge in [-0.2, -0.15) is 0 Å². The van der Waals surface area contributed by atoms with Crippen LogP contribution in [0.4, 0.5) is 0 Å². The first-order valence-corrected chi connectivity index (χ1v) is 11.4. The summed E-state index contributed by atoms with van der Waals surface area (Å²) in [6.45, 7) is 6.01. The predicted molar refractivity (Wildman–Crippen MR) is 110 cm³/mol. The van der Waals surface area contributed by atoms with E-state index in [9.17, 15) is 9.59 Å². The average Bonchev–Trinajstić information content (AvgIpc) is 2.93. The summed E-state index contributed by atoms with van der Waals surface area (Å²) >= 11 is 0. The molecular formula is C23H36N2O4. The minimum atomic E-state index is -0.292. The van der Waals surface area contributed by atoms with E-state index in [1.54, 1.807) is 0 Å². The lowest BCUT2D eigenvalue weighted by Gasteiger charge is -2.52. The molecule has 0 spiro atoms. The maximum Gasteiger partial charge on any atom is 0.306 e. The second kappa shape index (κ2) is 8.01. The fourth-order valence-corrected chi connectivity index (χ4v) is 6.68. The van der Waals surface area contributed by atoms with Crippen LogP contribution in [0.3, 0.4) is 0 Å². The average molecular weight is 405 g/mol. The van der Waals surface area contributed by atoms with Gasteiger partial charge in [-0.25, -0.2) is 0 Å². The van der Waals surface area contributed by atoms with Crippen LogP contribution in [0.2, 0.25) is 0 Å². The summed E-state index contributed by atoms with van der Waals surface area (Å²) in [7, 11) is 1.93. The molecule has 0 aromatic heterocycles. The molecule has 6 atom stereocenters. The smallest absolute Gasteiger partial charge is 0.306 e. The van der Waals surface area contributed by atoms with Gasteiger partial charge in [-0.3, -0.25) is 9.59 Å². The number of nitrogens with one attached hydrogen (secondary N) is 1. The number of rotatable bonds is 5. The van der Waals surface area contributed by atoms with Crippen LogP contribution in [0.5, 0.6) is 0 Å². The topological polar surface area (TPSA) is 77.0 Å². The maximum absolute atomic E-state index is 12.8. The lowest BCUT2D eigenvalue weighted by molar-refractivity contribution is -0.165. The Hall–Kier alpha value is -1.43. The van der Waals surface area contributed by atoms with Gasteiger partial charge in [0, 0.05) is 30.1 Å². The van der Waals surface area contributed by atoms with E-state index in [1.165, 1.54) is 0 Å². The summed E-state index contributed by atoms with van der Waals surface area (Å²) in [6, 6.07) is 0. The maximum atomic E-state index is 12.8. The van der Waals surface area contributed by atoms with Crippen molar-refractivity contribution in [2.75, 3.05) is 20.2 Å². The number of Topliss-reactive ketones (excluding diaryl/α,β-unsaturated/α-hetero) is 1. The highest BCUT2D eigenvalue weighted by molar-refractivity contribution is 5.88. The molecule has 0 radical (unpaired) electrons. The van der Waals surface area contributed by atoms with E-state index < -0.39 is 0 Å². The van der Waals surface area contributed by atoms with Crippen molar-refractivity contribution in [3.8, 4) is 0 Å². The number of oxime groups is 1. The zero-order chi connectivity index (χ0) is 20.6. The van der Waals surface area contributed by atoms with Gasteiger partial charge in [-0.1, -0.05) is 19.0 Å². The Balaban J connectivity index is 1.51. The second-order valence-corrected chi connectivity index (χ2v) is 10.1. The summed E-state index contributed by atoms with van der Waals surface area (Å²) in [5.41, 5.74) is 0.856. The SMILES string of the molecule is CNCCCO/N=C1/CC[C@@]2(C)C(CC(=O)O[C@@H]3[C@@H]2CC[C@]2(C)C(=O)CC[C@@H]32)C1. The van der Waals surface area contributed by atoms with E-state index in [0.717, 1.165) is 57.2 Å². The molecule has 0 amide bonds. The molecule has 4 rings (SSSR count). The molecule has 3 saturated carbocycles. The van der Waals surface area contributed by atoms with Crippen LogP contribution in [0, 0.1) is 28.6 Å². The highest BCUT2D eigenvalue weighted by Gasteiger charge is 2.61. The Morgan fingerprint density at radius 1 is 1.14 bits per heavy atom. The third kappa shape index (κ3) is 3.62. The lowest BCUT2D eigenvalue weighted by atomic mass is 9.52. The molecule has 29 heavy (non-hydrogen) atoms. The second-order valence-electron chi connectivity index (χ2n) is 10.1. The minimum absolute atomic E-state index is 0.0644. The highest BCUT2D eigenvalue weighted by atomic mass is 16.6. The molecule has 1 N–H and O–H groups in total. The van der Waals surface area contributed by atoms with Gasteiger partial charge < -0.3 is 14.9 Å². The van der Waals surface area contributed by atoms with Crippen LogP contribution in [0.25, 0.3) is 0 Å². The fourth-order valence-electron chi connectivity index (χ4n) is 6.68. The van der Waals surface area contributed by atoms with Crippen LogP contribution >= 0.6 is 0 Å². The van der Waals surface area contributed by atoms with E-state index in [2.05, 4.69) is 24.3 Å². The van der Waals surface area contributed by atoms with Crippen molar-refractivity contribution in [2.45, 2.75) is 77.7 Å². The van der Waals surface area contributed by atoms with E-state index in [-0.39, 0.29) is 34.7 Å². The van der Waals surface area contributed by atoms with Crippen LogP contribution < -0.4 is 5.32 Å². The van der Waals surface area contributed by atoms with Gasteiger partial charge in [0.25, 0.3) is 0 Å². The van der Waals surface area contributed by atoms with E-state index in [1.807, 2.05) is 7.05 Å². The van der Waals surface area contributed by atoms with Crippen LogP contribution in [0.1, 0.15) is 71.6 Å². The van der Waals surface area contributed by atoms with Crippen molar-refractivity contribution in [3.05, 3.63) is 0 Å². The van der Waals surface area contributed by atoms with E-state index in [0.29, 0.717) is 31.1 Å². The molecular weight excluding hydrogens is 368 g/mol. The van der Waals surface area contributed by atoms with Gasteiger partial charge in [-0.05, 0) is 69.9 Å². The third-order valence-electron chi connectivity index (χ3n) is 8.66. The zero-order valence-corrected chi connectivity index (χ0v) is 18.2. The number of nitrogens with zero attached hydrogens (tertiary/aromatic N) is 1. The summed E-state index contributed by atoms with van der Waals surface area (Å²) < 4.78 is 6.09. The molecule has 0 bridgehead atoms. The first kappa shape index (κ1) is 20.8. The summed E-state index contributed by atoms with van der Waals surface area (Å²) in [6.07, 6.45) is 7.50. The summed E-state index contributed by atoms with van der Waals surface area (Å²) in [5.74, 6) is 1.07. The first-order chi connectivity index (χ1) is 13.9. The van der Waals surface area contributed by atoms with Crippen LogP contribution in [0.15, 0.2) is 5.16 Å². The number of hydrogen-bond acceptors (Lipinski definition) is 6. The van der Waals surface area contributed by atoms with Crippen molar-refractivity contribution in [2.24, 2.45) is 33.7 Å². The largest absolute Gasteiger partial charge is 0.462 e. The van der Waals surface area contributed by atoms with Crippen molar-refractivity contribution >= 4 is 17.5 Å². The van der Waals surface area contributed by atoms with Gasteiger partial charge in [0.1, 0.15) is 18.5 Å². The Labute approximate surface area is 174 Å². The van der Waals surface area contributed by atoms with Crippen molar-refractivity contribution in [1.29, 1.82) is 0 Å². The van der Waals surface area contributed by atoms with E-state index in [4.69, 9.17) is 9.57 Å². The van der Waals surface area contributed by atoms with Crippen molar-refractivity contribution < 1.29 is 19.2 Å². The number of ketones is 1. The molecule has 162 valence electrons. The number of ether oxygens (including phenoxy) is 1. The quantitative estimate of drug-likeness (QED) is 0.431. The van der Waals surface area contributed by atoms with Gasteiger partial charge in [0.2, 0.25) is 0 Å². The third-order valence-corrected chi connectivity index (χ3v) is 8.66. The fraction of sp³-hybridized carbons (Fsp3) is 0.870. The summed E-state index contributed by atoms with van der Waals surface area (Å²) in [5, 5.41) is 7.51. The molecule has 0 aromatic carbocycles. The molecule has 6 nitrogen and oxygen atoms in total. The van der Waals surface area contributed by atoms with Gasteiger partial charge >= 0.3 is 5.97 Å². The van der Waals surface area contributed by atoms with Crippen LogP contribution in [-0.2, 0) is 19.2 Å². The number of esters is 1. The summed E-state index contributed by atoms with van der Waals surface area (Å²) in [4.78, 5) is 30.9. The molecule has 6 heteroatoms. The zero-order valence-electron chi connectivity index (χ0n) is 18.2. The molecule has 1 aliphatic heterocycles. The van der Waals surface area contributed by atoms with Gasteiger partial charge in [-0.15, -0.1) is 0 Å². The Morgan fingerprint density at radius 2 is 1.97 bits per heavy atom. The molecule has 1 heterocycles. The Morgan fingerprint density at radius 3 is 2.76 bits per heavy atom. The molecule has 4 fully saturated rings. The minimum Gasteiger partial charge on any atom is -0.462 e. The number of hydrogen-bond donors (Lipinski definition) is 1. The molecule has 1 saturated heterocycles.